The molecule has 13 heteroatoms. The number of aromatic nitrogens is 4. The van der Waals surface area contributed by atoms with E-state index in [1.54, 1.807) is 30.5 Å². The number of carboxylic acids is 2. The summed E-state index contributed by atoms with van der Waals surface area (Å²) in [7, 11) is 0. The number of nitrogens with zero attached hydrogens (tertiary/aromatic N) is 4. The smallest absolute Gasteiger partial charge is 0.326 e. The molecule has 0 aliphatic rings. The zero-order chi connectivity index (χ0) is 28.2. The average Bonchev–Trinajstić information content (AvgIpc) is 2.90. The number of amides is 1. The van der Waals surface area contributed by atoms with Gasteiger partial charge in [-0.3, -0.25) is 9.59 Å². The van der Waals surface area contributed by atoms with Gasteiger partial charge in [0, 0.05) is 17.7 Å². The van der Waals surface area contributed by atoms with E-state index in [1.165, 1.54) is 0 Å². The van der Waals surface area contributed by atoms with Crippen molar-refractivity contribution in [2.75, 3.05) is 16.8 Å². The zero-order valence-corrected chi connectivity index (χ0v) is 21.6. The average molecular weight is 539 g/mol. The summed E-state index contributed by atoms with van der Waals surface area (Å²) in [6.45, 7) is 0.335. The van der Waals surface area contributed by atoms with Crippen molar-refractivity contribution in [3.8, 4) is 0 Å². The van der Waals surface area contributed by atoms with E-state index in [0.29, 0.717) is 48.2 Å². The van der Waals surface area contributed by atoms with Gasteiger partial charge in [-0.1, -0.05) is 38.5 Å². The van der Waals surface area contributed by atoms with Crippen LogP contribution < -0.4 is 22.1 Å². The largest absolute Gasteiger partial charge is 0.481 e. The number of carboxylic acid groups (broad SMARTS) is 2. The molecule has 0 bridgehead atoms. The van der Waals surface area contributed by atoms with Crippen LogP contribution >= 0.6 is 0 Å². The third kappa shape index (κ3) is 9.36. The molecule has 0 radical (unpaired) electrons. The molecule has 8 N–H and O–H groups in total. The minimum atomic E-state index is -1.07. The highest BCUT2D eigenvalue weighted by Crippen LogP contribution is 2.16. The minimum Gasteiger partial charge on any atom is -0.481 e. The van der Waals surface area contributed by atoms with E-state index in [2.05, 4.69) is 30.6 Å². The zero-order valence-electron chi connectivity index (χ0n) is 21.6. The van der Waals surface area contributed by atoms with Crippen LogP contribution in [-0.4, -0.2) is 54.0 Å². The van der Waals surface area contributed by atoms with Crippen molar-refractivity contribution in [1.29, 1.82) is 0 Å². The van der Waals surface area contributed by atoms with E-state index in [0.717, 1.165) is 37.8 Å². The number of unbranched alkanes of at least 4 members (excludes halogenated alkanes) is 6. The van der Waals surface area contributed by atoms with Crippen LogP contribution in [0.5, 0.6) is 0 Å². The second kappa shape index (κ2) is 14.4. The highest BCUT2D eigenvalue weighted by molar-refractivity contribution is 5.96. The lowest BCUT2D eigenvalue weighted by molar-refractivity contribution is -0.139. The topological polar surface area (TPSA) is 219 Å². The molecule has 1 aromatic carbocycles. The fourth-order valence-corrected chi connectivity index (χ4v) is 4.01. The first-order valence-corrected chi connectivity index (χ1v) is 12.9. The summed E-state index contributed by atoms with van der Waals surface area (Å²) >= 11 is 0. The van der Waals surface area contributed by atoms with Gasteiger partial charge in [0.1, 0.15) is 6.04 Å². The molecular formula is C26H34N8O5. The van der Waals surface area contributed by atoms with Crippen LogP contribution in [-0.2, 0) is 16.1 Å². The highest BCUT2D eigenvalue weighted by Gasteiger charge is 2.20. The number of rotatable bonds is 16. The summed E-state index contributed by atoms with van der Waals surface area (Å²) in [5.41, 5.74) is 13.8. The molecule has 208 valence electrons. The Kier molecular flexibility index (Phi) is 10.7. The fraction of sp³-hybridized carbons (Fsp3) is 0.423. The number of hydrogen-bond acceptors (Lipinski definition) is 10. The van der Waals surface area contributed by atoms with E-state index < -0.39 is 23.9 Å². The Bertz CT molecular complexity index is 1290. The number of nitrogens with two attached hydrogens (primary N) is 2. The molecule has 1 amide bonds. The van der Waals surface area contributed by atoms with Crippen molar-refractivity contribution in [3.63, 3.8) is 0 Å². The van der Waals surface area contributed by atoms with E-state index in [9.17, 15) is 19.5 Å². The Morgan fingerprint density at radius 2 is 1.54 bits per heavy atom. The van der Waals surface area contributed by atoms with Gasteiger partial charge in [-0.15, -0.1) is 0 Å². The molecule has 0 spiro atoms. The molecular weight excluding hydrogens is 504 g/mol. The predicted molar refractivity (Wildman–Crippen MR) is 146 cm³/mol. The van der Waals surface area contributed by atoms with Gasteiger partial charge in [-0.05, 0) is 37.1 Å². The summed E-state index contributed by atoms with van der Waals surface area (Å²) in [6, 6.07) is 5.69. The Balaban J connectivity index is 1.42. The van der Waals surface area contributed by atoms with E-state index in [4.69, 9.17) is 16.6 Å². The summed E-state index contributed by atoms with van der Waals surface area (Å²) in [5.74, 6) is -2.13. The number of nitrogen functional groups attached to an aromatic ring is 2. The third-order valence-electron chi connectivity index (χ3n) is 6.11. The quantitative estimate of drug-likeness (QED) is 0.145. The normalized spacial score (nSPS) is 11.7. The first-order valence-electron chi connectivity index (χ1n) is 12.9. The standard InChI is InChI=1S/C26H34N8O5/c27-22-21-23(34-26(28)33-22)30-15-18(31-21)14-29-17-12-10-16(11-13-17)24(37)32-19(25(38)39)8-6-4-2-1-3-5-7-9-20(35)36/h10-13,15,19,29H,1-9,14H2,(H,32,37)(H,35,36)(H,38,39)(H4,27,28,30,33,34). The maximum absolute atomic E-state index is 12.6. The molecule has 0 aliphatic heterocycles. The molecule has 0 saturated carbocycles. The van der Waals surface area contributed by atoms with Crippen molar-refractivity contribution in [3.05, 3.63) is 41.7 Å². The highest BCUT2D eigenvalue weighted by atomic mass is 16.4. The summed E-state index contributed by atoms with van der Waals surface area (Å²) in [6.07, 6.45) is 8.08. The summed E-state index contributed by atoms with van der Waals surface area (Å²) in [4.78, 5) is 51.3. The van der Waals surface area contributed by atoms with Gasteiger partial charge in [-0.25, -0.2) is 14.8 Å². The first-order chi connectivity index (χ1) is 18.7. The number of carbonyl (C=O) groups excluding carboxylic acids is 1. The number of hydrogen-bond donors (Lipinski definition) is 6. The molecule has 3 rings (SSSR count). The van der Waals surface area contributed by atoms with Gasteiger partial charge < -0.3 is 32.3 Å². The van der Waals surface area contributed by atoms with Crippen molar-refractivity contribution in [1.82, 2.24) is 25.3 Å². The van der Waals surface area contributed by atoms with Crippen molar-refractivity contribution < 1.29 is 24.6 Å². The van der Waals surface area contributed by atoms with E-state index in [1.807, 2.05) is 0 Å². The molecule has 0 fully saturated rings. The number of anilines is 3. The van der Waals surface area contributed by atoms with Crippen molar-refractivity contribution >= 4 is 46.5 Å². The van der Waals surface area contributed by atoms with Gasteiger partial charge in [0.05, 0.1) is 18.4 Å². The predicted octanol–water partition coefficient (Wildman–Crippen LogP) is 2.97. The molecule has 0 aliphatic carbocycles. The maximum atomic E-state index is 12.6. The van der Waals surface area contributed by atoms with Gasteiger partial charge in [0.2, 0.25) is 5.95 Å². The van der Waals surface area contributed by atoms with E-state index >= 15 is 0 Å². The first kappa shape index (κ1) is 29.0. The van der Waals surface area contributed by atoms with Crippen LogP contribution in [0.4, 0.5) is 17.5 Å². The van der Waals surface area contributed by atoms with Gasteiger partial charge >= 0.3 is 11.9 Å². The fourth-order valence-electron chi connectivity index (χ4n) is 4.01. The maximum Gasteiger partial charge on any atom is 0.326 e. The number of benzene rings is 1. The monoisotopic (exact) mass is 538 g/mol. The Morgan fingerprint density at radius 3 is 2.21 bits per heavy atom. The van der Waals surface area contributed by atoms with Crippen molar-refractivity contribution in [2.45, 2.75) is 70.4 Å². The van der Waals surface area contributed by atoms with Crippen LogP contribution in [0.2, 0.25) is 0 Å². The molecule has 13 nitrogen and oxygen atoms in total. The number of fused-ring (bicyclic) bond motifs is 1. The Labute approximate surface area is 225 Å². The van der Waals surface area contributed by atoms with Crippen LogP contribution in [0, 0.1) is 0 Å². The van der Waals surface area contributed by atoms with Crippen LogP contribution in [0.1, 0.15) is 73.8 Å². The molecule has 39 heavy (non-hydrogen) atoms. The van der Waals surface area contributed by atoms with Crippen LogP contribution in [0.3, 0.4) is 0 Å². The molecule has 1 unspecified atom stereocenters. The third-order valence-corrected chi connectivity index (χ3v) is 6.11. The van der Waals surface area contributed by atoms with Gasteiger partial charge in [0.15, 0.2) is 17.0 Å². The van der Waals surface area contributed by atoms with Gasteiger partial charge in [0.25, 0.3) is 5.91 Å². The molecule has 1 atom stereocenters. The Morgan fingerprint density at radius 1 is 0.872 bits per heavy atom. The molecule has 0 saturated heterocycles. The Hall–Kier alpha value is -4.55. The molecule has 2 heterocycles. The van der Waals surface area contributed by atoms with Gasteiger partial charge in [-0.2, -0.15) is 9.97 Å². The molecule has 2 aromatic heterocycles. The molecule has 3 aromatic rings. The lowest BCUT2D eigenvalue weighted by Crippen LogP contribution is -2.40. The second-order valence-corrected chi connectivity index (χ2v) is 9.20. The number of nitrogens with one attached hydrogen (secondary N) is 2. The SMILES string of the molecule is Nc1nc(N)c2nc(CNc3ccc(C(=O)NC(CCCCCCCCCC(=O)O)C(=O)O)cc3)cnc2n1. The lowest BCUT2D eigenvalue weighted by Gasteiger charge is -2.15. The number of carbonyl (C=O) groups is 3. The lowest BCUT2D eigenvalue weighted by atomic mass is 10.0. The minimum absolute atomic E-state index is 0.0253. The van der Waals surface area contributed by atoms with Crippen LogP contribution in [0.15, 0.2) is 30.5 Å². The summed E-state index contributed by atoms with van der Waals surface area (Å²) < 4.78 is 0. The summed E-state index contributed by atoms with van der Waals surface area (Å²) in [5, 5.41) is 23.9. The van der Waals surface area contributed by atoms with Crippen molar-refractivity contribution in [2.24, 2.45) is 0 Å². The van der Waals surface area contributed by atoms with E-state index in [-0.39, 0.29) is 18.2 Å². The van der Waals surface area contributed by atoms with Crippen LogP contribution in [0.25, 0.3) is 11.2 Å². The second-order valence-electron chi connectivity index (χ2n) is 9.20. The number of aliphatic carboxylic acids is 2.